The largest absolute Gasteiger partial charge is 0.461 e. The Kier molecular flexibility index (Phi) is 4.33. The first-order valence-corrected chi connectivity index (χ1v) is 7.75. The van der Waals surface area contributed by atoms with Crippen molar-refractivity contribution >= 4 is 22.7 Å². The quantitative estimate of drug-likeness (QED) is 0.762. The number of hydrogen-bond acceptors (Lipinski definition) is 2. The van der Waals surface area contributed by atoms with Crippen molar-refractivity contribution in [2.24, 2.45) is 0 Å². The number of aryl methyl sites for hydroxylation is 1. The first kappa shape index (κ1) is 15.2. The normalized spacial score (nSPS) is 10.7. The minimum atomic E-state index is -0.136. The highest BCUT2D eigenvalue weighted by Gasteiger charge is 2.17. The SMILES string of the molecule is CCc1oc2ccccc2c1CN(C)C(=O)Nc1ccccc1. The predicted molar refractivity (Wildman–Crippen MR) is 92.5 cm³/mol. The van der Waals surface area contributed by atoms with Crippen molar-refractivity contribution in [3.05, 3.63) is 65.9 Å². The smallest absolute Gasteiger partial charge is 0.321 e. The Balaban J connectivity index is 1.79. The van der Waals surface area contributed by atoms with Crippen molar-refractivity contribution < 1.29 is 9.21 Å². The molecule has 23 heavy (non-hydrogen) atoms. The number of fused-ring (bicyclic) bond motifs is 1. The van der Waals surface area contributed by atoms with Gasteiger partial charge in [-0.2, -0.15) is 0 Å². The summed E-state index contributed by atoms with van der Waals surface area (Å²) in [6, 6.07) is 17.3. The Bertz CT molecular complexity index is 809. The number of carbonyl (C=O) groups is 1. The van der Waals surface area contributed by atoms with Crippen LogP contribution in [0.5, 0.6) is 0 Å². The number of nitrogens with one attached hydrogen (secondary N) is 1. The predicted octanol–water partition coefficient (Wildman–Crippen LogP) is 4.66. The molecule has 0 saturated heterocycles. The number of amides is 2. The molecule has 0 bridgehead atoms. The average molecular weight is 308 g/mol. The summed E-state index contributed by atoms with van der Waals surface area (Å²) in [7, 11) is 1.79. The number of rotatable bonds is 4. The van der Waals surface area contributed by atoms with Gasteiger partial charge in [-0.1, -0.05) is 43.3 Å². The molecule has 0 aliphatic carbocycles. The molecule has 3 aromatic rings. The summed E-state index contributed by atoms with van der Waals surface area (Å²) >= 11 is 0. The molecule has 0 saturated carbocycles. The van der Waals surface area contributed by atoms with Crippen LogP contribution >= 0.6 is 0 Å². The van der Waals surface area contributed by atoms with E-state index < -0.39 is 0 Å². The van der Waals surface area contributed by atoms with Gasteiger partial charge in [0.25, 0.3) is 0 Å². The summed E-state index contributed by atoms with van der Waals surface area (Å²) in [5.41, 5.74) is 2.74. The maximum absolute atomic E-state index is 12.4. The van der Waals surface area contributed by atoms with Crippen LogP contribution in [-0.2, 0) is 13.0 Å². The van der Waals surface area contributed by atoms with Crippen LogP contribution in [0.1, 0.15) is 18.2 Å². The second kappa shape index (κ2) is 6.57. The van der Waals surface area contributed by atoms with Gasteiger partial charge in [-0.15, -0.1) is 0 Å². The van der Waals surface area contributed by atoms with Gasteiger partial charge in [0.05, 0.1) is 6.54 Å². The number of benzene rings is 2. The van der Waals surface area contributed by atoms with Crippen LogP contribution in [0.3, 0.4) is 0 Å². The van der Waals surface area contributed by atoms with E-state index in [2.05, 4.69) is 12.2 Å². The third-order valence-electron chi connectivity index (χ3n) is 3.87. The molecule has 0 aliphatic heterocycles. The lowest BCUT2D eigenvalue weighted by Gasteiger charge is -2.18. The Morgan fingerprint density at radius 3 is 2.52 bits per heavy atom. The van der Waals surface area contributed by atoms with Gasteiger partial charge < -0.3 is 14.6 Å². The lowest BCUT2D eigenvalue weighted by Crippen LogP contribution is -2.31. The number of urea groups is 1. The molecule has 4 heteroatoms. The minimum absolute atomic E-state index is 0.136. The van der Waals surface area contributed by atoms with Gasteiger partial charge in [0.2, 0.25) is 0 Å². The molecule has 0 radical (unpaired) electrons. The highest BCUT2D eigenvalue weighted by atomic mass is 16.3. The van der Waals surface area contributed by atoms with Crippen molar-refractivity contribution in [3.63, 3.8) is 0 Å². The van der Waals surface area contributed by atoms with Crippen LogP contribution in [0.25, 0.3) is 11.0 Å². The van der Waals surface area contributed by atoms with Gasteiger partial charge in [0, 0.05) is 30.1 Å². The maximum atomic E-state index is 12.4. The molecular formula is C19H20N2O2. The molecule has 118 valence electrons. The standard InChI is InChI=1S/C19H20N2O2/c1-3-17-16(15-11-7-8-12-18(15)23-17)13-21(2)19(22)20-14-9-5-4-6-10-14/h4-12H,3,13H2,1-2H3,(H,20,22). The molecule has 0 aliphatic rings. The van der Waals surface area contributed by atoms with Crippen LogP contribution in [0.15, 0.2) is 59.0 Å². The van der Waals surface area contributed by atoms with Gasteiger partial charge in [-0.05, 0) is 18.2 Å². The summed E-state index contributed by atoms with van der Waals surface area (Å²) in [4.78, 5) is 14.0. The summed E-state index contributed by atoms with van der Waals surface area (Å²) in [6.45, 7) is 2.57. The van der Waals surface area contributed by atoms with Crippen molar-refractivity contribution in [1.29, 1.82) is 0 Å². The summed E-state index contributed by atoms with van der Waals surface area (Å²) in [5.74, 6) is 0.936. The van der Waals surface area contributed by atoms with E-state index in [9.17, 15) is 4.79 Å². The Labute approximate surface area is 135 Å². The molecule has 1 aromatic heterocycles. The molecule has 0 spiro atoms. The topological polar surface area (TPSA) is 45.5 Å². The van der Waals surface area contributed by atoms with Crippen LogP contribution in [0.4, 0.5) is 10.5 Å². The van der Waals surface area contributed by atoms with Gasteiger partial charge in [-0.25, -0.2) is 4.79 Å². The highest BCUT2D eigenvalue weighted by Crippen LogP contribution is 2.27. The number of anilines is 1. The zero-order chi connectivity index (χ0) is 16.2. The zero-order valence-corrected chi connectivity index (χ0v) is 13.4. The van der Waals surface area contributed by atoms with Gasteiger partial charge >= 0.3 is 6.03 Å². The molecule has 0 atom stereocenters. The van der Waals surface area contributed by atoms with Crippen molar-refractivity contribution in [3.8, 4) is 0 Å². The Morgan fingerprint density at radius 1 is 1.09 bits per heavy atom. The lowest BCUT2D eigenvalue weighted by molar-refractivity contribution is 0.220. The van der Waals surface area contributed by atoms with Crippen molar-refractivity contribution in [2.45, 2.75) is 19.9 Å². The second-order valence-corrected chi connectivity index (χ2v) is 5.51. The average Bonchev–Trinajstić information content (AvgIpc) is 2.93. The van der Waals surface area contributed by atoms with Crippen molar-refractivity contribution in [2.75, 3.05) is 12.4 Å². The lowest BCUT2D eigenvalue weighted by atomic mass is 10.1. The summed E-state index contributed by atoms with van der Waals surface area (Å²) < 4.78 is 5.89. The molecule has 3 rings (SSSR count). The maximum Gasteiger partial charge on any atom is 0.321 e. The zero-order valence-electron chi connectivity index (χ0n) is 13.4. The van der Waals surface area contributed by atoms with E-state index in [0.717, 1.165) is 34.4 Å². The van der Waals surface area contributed by atoms with Crippen molar-refractivity contribution in [1.82, 2.24) is 4.90 Å². The Morgan fingerprint density at radius 2 is 1.78 bits per heavy atom. The van der Waals surface area contributed by atoms with E-state index in [0.29, 0.717) is 6.54 Å². The van der Waals surface area contributed by atoms with E-state index in [4.69, 9.17) is 4.42 Å². The third kappa shape index (κ3) is 3.21. The second-order valence-electron chi connectivity index (χ2n) is 5.51. The summed E-state index contributed by atoms with van der Waals surface area (Å²) in [5, 5.41) is 3.97. The fourth-order valence-corrected chi connectivity index (χ4v) is 2.66. The van der Waals surface area contributed by atoms with E-state index in [-0.39, 0.29) is 6.03 Å². The number of furan rings is 1. The fourth-order valence-electron chi connectivity index (χ4n) is 2.66. The highest BCUT2D eigenvalue weighted by molar-refractivity contribution is 5.89. The van der Waals surface area contributed by atoms with Gasteiger partial charge in [0.15, 0.2) is 0 Å². The molecule has 0 unspecified atom stereocenters. The third-order valence-corrected chi connectivity index (χ3v) is 3.87. The Hall–Kier alpha value is -2.75. The van der Waals surface area contributed by atoms with E-state index in [1.54, 1.807) is 11.9 Å². The van der Waals surface area contributed by atoms with Crippen LogP contribution < -0.4 is 5.32 Å². The van der Waals surface area contributed by atoms with Crippen LogP contribution in [-0.4, -0.2) is 18.0 Å². The molecule has 2 aromatic carbocycles. The minimum Gasteiger partial charge on any atom is -0.461 e. The van der Waals surface area contributed by atoms with E-state index in [1.807, 2.05) is 54.6 Å². The van der Waals surface area contributed by atoms with Gasteiger partial charge in [0.1, 0.15) is 11.3 Å². The number of carbonyl (C=O) groups excluding carboxylic acids is 1. The van der Waals surface area contributed by atoms with Crippen LogP contribution in [0.2, 0.25) is 0 Å². The monoisotopic (exact) mass is 308 g/mol. The van der Waals surface area contributed by atoms with E-state index in [1.165, 1.54) is 0 Å². The van der Waals surface area contributed by atoms with Crippen LogP contribution in [0, 0.1) is 0 Å². The summed E-state index contributed by atoms with van der Waals surface area (Å²) in [6.07, 6.45) is 0.804. The van der Waals surface area contributed by atoms with Gasteiger partial charge in [-0.3, -0.25) is 0 Å². The number of nitrogens with zero attached hydrogens (tertiary/aromatic N) is 1. The molecule has 4 nitrogen and oxygen atoms in total. The van der Waals surface area contributed by atoms with E-state index >= 15 is 0 Å². The number of hydrogen-bond donors (Lipinski definition) is 1. The first-order valence-electron chi connectivity index (χ1n) is 7.75. The number of para-hydroxylation sites is 2. The molecule has 1 heterocycles. The molecule has 0 fully saturated rings. The molecule has 1 N–H and O–H groups in total. The molecule has 2 amide bonds. The first-order chi connectivity index (χ1) is 11.2. The fraction of sp³-hybridized carbons (Fsp3) is 0.211. The molecular weight excluding hydrogens is 288 g/mol.